The fourth-order valence-corrected chi connectivity index (χ4v) is 2.99. The van der Waals surface area contributed by atoms with Gasteiger partial charge in [0.2, 0.25) is 0 Å². The van der Waals surface area contributed by atoms with Gasteiger partial charge in [-0.25, -0.2) is 0 Å². The molecule has 3 aliphatic rings. The minimum atomic E-state index is -0.669. The first-order valence-electron chi connectivity index (χ1n) is 6.67. The quantitative estimate of drug-likeness (QED) is 0.749. The van der Waals surface area contributed by atoms with Gasteiger partial charge in [0.25, 0.3) is 0 Å². The highest BCUT2D eigenvalue weighted by Crippen LogP contribution is 2.43. The van der Waals surface area contributed by atoms with E-state index in [1.807, 2.05) is 27.7 Å². The Morgan fingerprint density at radius 3 is 2.11 bits per heavy atom. The Bertz CT molecular complexity index is 355. The van der Waals surface area contributed by atoms with Crippen LogP contribution in [0.3, 0.4) is 0 Å². The molecule has 0 unspecified atom stereocenters. The van der Waals surface area contributed by atoms with Crippen LogP contribution in [0.25, 0.3) is 0 Å². The molecule has 5 atom stereocenters. The second-order valence-corrected chi connectivity index (χ2v) is 6.16. The molecule has 0 aromatic heterocycles. The fourth-order valence-electron chi connectivity index (χ4n) is 2.99. The maximum atomic E-state index is 5.97. The highest BCUT2D eigenvalue weighted by atomic mass is 16.9. The van der Waals surface area contributed by atoms with Crippen LogP contribution in [0.4, 0.5) is 0 Å². The summed E-state index contributed by atoms with van der Waals surface area (Å²) in [5.41, 5.74) is 0. The lowest BCUT2D eigenvalue weighted by molar-refractivity contribution is -0.241. The molecule has 0 N–H and O–H groups in total. The smallest absolute Gasteiger partial charge is 0.190 e. The van der Waals surface area contributed by atoms with Crippen molar-refractivity contribution in [2.75, 3.05) is 13.7 Å². The van der Waals surface area contributed by atoms with E-state index in [9.17, 15) is 0 Å². The molecular weight excluding hydrogens is 252 g/mol. The van der Waals surface area contributed by atoms with E-state index in [1.54, 1.807) is 7.11 Å². The Morgan fingerprint density at radius 1 is 0.842 bits per heavy atom. The molecule has 0 radical (unpaired) electrons. The van der Waals surface area contributed by atoms with Crippen LogP contribution >= 0.6 is 0 Å². The maximum Gasteiger partial charge on any atom is 0.190 e. The normalized spacial score (nSPS) is 46.9. The zero-order valence-corrected chi connectivity index (χ0v) is 12.0. The topological polar surface area (TPSA) is 55.4 Å². The Hall–Kier alpha value is -0.240. The van der Waals surface area contributed by atoms with Gasteiger partial charge in [-0.15, -0.1) is 0 Å². The Labute approximate surface area is 113 Å². The highest BCUT2D eigenvalue weighted by molar-refractivity contribution is 4.99. The molecule has 3 fully saturated rings. The average molecular weight is 274 g/mol. The lowest BCUT2D eigenvalue weighted by Crippen LogP contribution is -2.56. The van der Waals surface area contributed by atoms with E-state index in [2.05, 4.69) is 0 Å². The van der Waals surface area contributed by atoms with Gasteiger partial charge < -0.3 is 28.4 Å². The van der Waals surface area contributed by atoms with Gasteiger partial charge in [-0.05, 0) is 27.7 Å². The van der Waals surface area contributed by atoms with Gasteiger partial charge >= 0.3 is 0 Å². The molecule has 3 aliphatic heterocycles. The van der Waals surface area contributed by atoms with Crippen molar-refractivity contribution in [1.29, 1.82) is 0 Å². The van der Waals surface area contributed by atoms with Gasteiger partial charge in [-0.1, -0.05) is 0 Å². The van der Waals surface area contributed by atoms with Crippen LogP contribution in [0.5, 0.6) is 0 Å². The highest BCUT2D eigenvalue weighted by Gasteiger charge is 2.60. The number of ether oxygens (including phenoxy) is 6. The summed E-state index contributed by atoms with van der Waals surface area (Å²) in [6.45, 7) is 7.97. The first-order chi connectivity index (χ1) is 8.81. The maximum absolute atomic E-state index is 5.97. The number of methoxy groups -OCH3 is 1. The predicted octanol–water partition coefficient (Wildman–Crippen LogP) is 1.03. The van der Waals surface area contributed by atoms with Crippen molar-refractivity contribution in [2.24, 2.45) is 0 Å². The SMILES string of the molecule is COC[C@@H]1O[C@H]2OC(C)(C)O[C@H]2[C@@H]2OC(C)(C)O[C@@H]21. The summed E-state index contributed by atoms with van der Waals surface area (Å²) < 4.78 is 34.7. The molecule has 6 heteroatoms. The number of fused-ring (bicyclic) bond motifs is 3. The van der Waals surface area contributed by atoms with Crippen LogP contribution in [-0.2, 0) is 28.4 Å². The minimum Gasteiger partial charge on any atom is -0.382 e. The molecule has 6 nitrogen and oxygen atoms in total. The first kappa shape index (κ1) is 13.7. The fraction of sp³-hybridized carbons (Fsp3) is 1.00. The van der Waals surface area contributed by atoms with E-state index in [0.717, 1.165) is 0 Å². The molecule has 0 aromatic carbocycles. The summed E-state index contributed by atoms with van der Waals surface area (Å²) in [5, 5.41) is 0. The summed E-state index contributed by atoms with van der Waals surface area (Å²) >= 11 is 0. The van der Waals surface area contributed by atoms with Crippen LogP contribution in [-0.4, -0.2) is 56.0 Å². The van der Waals surface area contributed by atoms with Crippen molar-refractivity contribution >= 4 is 0 Å². The third-order valence-electron chi connectivity index (χ3n) is 3.58. The molecule has 3 rings (SSSR count). The summed E-state index contributed by atoms with van der Waals surface area (Å²) in [7, 11) is 1.64. The third-order valence-corrected chi connectivity index (χ3v) is 3.58. The zero-order valence-electron chi connectivity index (χ0n) is 12.0. The first-order valence-corrected chi connectivity index (χ1v) is 6.67. The molecule has 19 heavy (non-hydrogen) atoms. The van der Waals surface area contributed by atoms with E-state index >= 15 is 0 Å². The standard InChI is InChI=1S/C13H22O6/c1-12(2)16-8-7(6-14-5)15-11-10(9(8)17-12)18-13(3,4)19-11/h7-11H,6H2,1-5H3/t7-,8+,9+,10-,11-/m0/s1. The van der Waals surface area contributed by atoms with E-state index in [4.69, 9.17) is 28.4 Å². The van der Waals surface area contributed by atoms with Crippen molar-refractivity contribution in [3.63, 3.8) is 0 Å². The van der Waals surface area contributed by atoms with E-state index in [0.29, 0.717) is 6.61 Å². The summed E-state index contributed by atoms with van der Waals surface area (Å²) in [4.78, 5) is 0. The van der Waals surface area contributed by atoms with Gasteiger partial charge in [-0.3, -0.25) is 0 Å². The van der Waals surface area contributed by atoms with E-state index in [1.165, 1.54) is 0 Å². The monoisotopic (exact) mass is 274 g/mol. The van der Waals surface area contributed by atoms with Crippen molar-refractivity contribution in [2.45, 2.75) is 70.0 Å². The molecule has 110 valence electrons. The molecule has 3 saturated heterocycles. The van der Waals surface area contributed by atoms with Crippen LogP contribution in [0, 0.1) is 0 Å². The van der Waals surface area contributed by atoms with Gasteiger partial charge in [0.1, 0.15) is 24.4 Å². The van der Waals surface area contributed by atoms with Gasteiger partial charge in [0.15, 0.2) is 17.9 Å². The van der Waals surface area contributed by atoms with Crippen LogP contribution in [0.2, 0.25) is 0 Å². The summed E-state index contributed by atoms with van der Waals surface area (Å²) in [6, 6.07) is 0. The lowest BCUT2D eigenvalue weighted by atomic mass is 9.99. The molecule has 0 saturated carbocycles. The zero-order chi connectivity index (χ0) is 13.8. The molecule has 3 heterocycles. The van der Waals surface area contributed by atoms with Crippen molar-refractivity contribution in [3.05, 3.63) is 0 Å². The average Bonchev–Trinajstić information content (AvgIpc) is 2.74. The van der Waals surface area contributed by atoms with E-state index in [-0.39, 0.29) is 24.4 Å². The second-order valence-electron chi connectivity index (χ2n) is 6.16. The van der Waals surface area contributed by atoms with Crippen molar-refractivity contribution in [1.82, 2.24) is 0 Å². The Morgan fingerprint density at radius 2 is 1.42 bits per heavy atom. The van der Waals surface area contributed by atoms with Crippen LogP contribution in [0.1, 0.15) is 27.7 Å². The molecule has 0 amide bonds. The number of rotatable bonds is 2. The molecule has 0 spiro atoms. The summed E-state index contributed by atoms with van der Waals surface area (Å²) in [5.74, 6) is -1.31. The van der Waals surface area contributed by atoms with E-state index < -0.39 is 17.9 Å². The third kappa shape index (κ3) is 2.41. The number of hydrogen-bond donors (Lipinski definition) is 0. The lowest BCUT2D eigenvalue weighted by Gasteiger charge is -2.36. The molecule has 0 bridgehead atoms. The van der Waals surface area contributed by atoms with Gasteiger partial charge in [-0.2, -0.15) is 0 Å². The Balaban J connectivity index is 1.84. The van der Waals surface area contributed by atoms with Crippen LogP contribution < -0.4 is 0 Å². The second kappa shape index (κ2) is 4.38. The predicted molar refractivity (Wildman–Crippen MR) is 64.4 cm³/mol. The van der Waals surface area contributed by atoms with Gasteiger partial charge in [0.05, 0.1) is 6.61 Å². The van der Waals surface area contributed by atoms with Gasteiger partial charge in [0, 0.05) is 7.11 Å². The minimum absolute atomic E-state index is 0.198. The Kier molecular flexibility index (Phi) is 3.16. The summed E-state index contributed by atoms with van der Waals surface area (Å²) in [6.07, 6.45) is -1.32. The molecular formula is C13H22O6. The largest absolute Gasteiger partial charge is 0.382 e. The van der Waals surface area contributed by atoms with Crippen LogP contribution in [0.15, 0.2) is 0 Å². The molecule has 0 aliphatic carbocycles. The molecule has 0 aromatic rings. The van der Waals surface area contributed by atoms with Crippen molar-refractivity contribution < 1.29 is 28.4 Å². The number of hydrogen-bond acceptors (Lipinski definition) is 6. The van der Waals surface area contributed by atoms with Crippen molar-refractivity contribution in [3.8, 4) is 0 Å².